The predicted octanol–water partition coefficient (Wildman–Crippen LogP) is 3.88. The van der Waals surface area contributed by atoms with E-state index in [1.165, 1.54) is 17.2 Å². The van der Waals surface area contributed by atoms with E-state index in [0.29, 0.717) is 12.1 Å². The van der Waals surface area contributed by atoms with E-state index in [4.69, 9.17) is 5.11 Å². The van der Waals surface area contributed by atoms with Crippen LogP contribution in [0.15, 0.2) is 60.7 Å². The summed E-state index contributed by atoms with van der Waals surface area (Å²) >= 11 is 0. The fraction of sp³-hybridized carbons (Fsp3) is 0.348. The van der Waals surface area contributed by atoms with Gasteiger partial charge < -0.3 is 5.11 Å². The Kier molecular flexibility index (Phi) is 6.43. The zero-order valence-corrected chi connectivity index (χ0v) is 16.1. The maximum absolute atomic E-state index is 10.6. The molecular weight excluding hydrogens is 336 g/mol. The fourth-order valence-electron chi connectivity index (χ4n) is 3.86. The molecule has 2 aromatic carbocycles. The molecule has 0 aromatic heterocycles. The molecule has 0 saturated carbocycles. The van der Waals surface area contributed by atoms with E-state index < -0.39 is 5.97 Å². The third-order valence-corrected chi connectivity index (χ3v) is 5.19. The SMILES string of the molecule is C[C@@H]1CN(Cc2ccc(/C=C/C(=O)O)cc2)C[C@H](C)N1Cc1ccccc1. The molecule has 1 heterocycles. The number of hydrogen-bond acceptors (Lipinski definition) is 3. The van der Waals surface area contributed by atoms with E-state index in [1.54, 1.807) is 6.08 Å². The lowest BCUT2D eigenvalue weighted by atomic mass is 10.0. The molecule has 3 rings (SSSR count). The summed E-state index contributed by atoms with van der Waals surface area (Å²) in [5.74, 6) is -0.921. The minimum absolute atomic E-state index is 0.506. The summed E-state index contributed by atoms with van der Waals surface area (Å²) in [4.78, 5) is 15.7. The smallest absolute Gasteiger partial charge is 0.328 e. The Morgan fingerprint density at radius 1 is 0.963 bits per heavy atom. The molecule has 0 spiro atoms. The van der Waals surface area contributed by atoms with Gasteiger partial charge in [0.2, 0.25) is 0 Å². The molecule has 1 saturated heterocycles. The molecule has 1 N–H and O–H groups in total. The maximum Gasteiger partial charge on any atom is 0.328 e. The second-order valence-corrected chi connectivity index (χ2v) is 7.46. The zero-order chi connectivity index (χ0) is 19.2. The Hall–Kier alpha value is -2.43. The van der Waals surface area contributed by atoms with Crippen molar-refractivity contribution in [2.45, 2.75) is 39.0 Å². The van der Waals surface area contributed by atoms with Crippen LogP contribution in [0.2, 0.25) is 0 Å². The largest absolute Gasteiger partial charge is 0.478 e. The van der Waals surface area contributed by atoms with Crippen molar-refractivity contribution < 1.29 is 9.90 Å². The van der Waals surface area contributed by atoms with Gasteiger partial charge >= 0.3 is 5.97 Å². The topological polar surface area (TPSA) is 43.8 Å². The highest BCUT2D eigenvalue weighted by atomic mass is 16.4. The average Bonchev–Trinajstić information content (AvgIpc) is 2.65. The van der Waals surface area contributed by atoms with Crippen LogP contribution in [-0.4, -0.2) is 46.0 Å². The summed E-state index contributed by atoms with van der Waals surface area (Å²) in [6.45, 7) is 8.66. The number of carboxylic acids is 1. The van der Waals surface area contributed by atoms with Crippen molar-refractivity contribution in [1.82, 2.24) is 9.80 Å². The van der Waals surface area contributed by atoms with Crippen molar-refractivity contribution in [1.29, 1.82) is 0 Å². The predicted molar refractivity (Wildman–Crippen MR) is 109 cm³/mol. The van der Waals surface area contributed by atoms with Gasteiger partial charge in [-0.1, -0.05) is 54.6 Å². The number of carboxylic acid groups (broad SMARTS) is 1. The number of nitrogens with zero attached hydrogens (tertiary/aromatic N) is 2. The molecule has 2 atom stereocenters. The zero-order valence-electron chi connectivity index (χ0n) is 16.1. The minimum atomic E-state index is -0.921. The highest BCUT2D eigenvalue weighted by Crippen LogP contribution is 2.21. The van der Waals surface area contributed by atoms with Crippen LogP contribution in [0.3, 0.4) is 0 Å². The lowest BCUT2D eigenvalue weighted by Crippen LogP contribution is -2.55. The summed E-state index contributed by atoms with van der Waals surface area (Å²) < 4.78 is 0. The lowest BCUT2D eigenvalue weighted by molar-refractivity contribution is -0.131. The summed E-state index contributed by atoms with van der Waals surface area (Å²) in [7, 11) is 0. The van der Waals surface area contributed by atoms with E-state index in [0.717, 1.165) is 31.7 Å². The number of carbonyl (C=O) groups is 1. The summed E-state index contributed by atoms with van der Waals surface area (Å²) in [5.41, 5.74) is 3.55. The number of hydrogen-bond donors (Lipinski definition) is 1. The summed E-state index contributed by atoms with van der Waals surface area (Å²) in [5, 5.41) is 8.71. The monoisotopic (exact) mass is 364 g/mol. The van der Waals surface area contributed by atoms with Crippen molar-refractivity contribution in [2.75, 3.05) is 13.1 Å². The van der Waals surface area contributed by atoms with Gasteiger partial charge in [-0.05, 0) is 36.6 Å². The number of benzene rings is 2. The number of rotatable bonds is 6. The van der Waals surface area contributed by atoms with Crippen LogP contribution >= 0.6 is 0 Å². The van der Waals surface area contributed by atoms with Crippen molar-refractivity contribution in [3.05, 3.63) is 77.4 Å². The molecule has 0 aliphatic carbocycles. The van der Waals surface area contributed by atoms with E-state index in [-0.39, 0.29) is 0 Å². The molecule has 4 heteroatoms. The Balaban J connectivity index is 1.57. The third kappa shape index (κ3) is 5.52. The van der Waals surface area contributed by atoms with Crippen LogP contribution in [0, 0.1) is 0 Å². The second-order valence-electron chi connectivity index (χ2n) is 7.46. The normalized spacial score (nSPS) is 21.6. The maximum atomic E-state index is 10.6. The van der Waals surface area contributed by atoms with Gasteiger partial charge in [0.25, 0.3) is 0 Å². The summed E-state index contributed by atoms with van der Waals surface area (Å²) in [6.07, 6.45) is 2.79. The highest BCUT2D eigenvalue weighted by molar-refractivity contribution is 5.85. The molecule has 142 valence electrons. The molecule has 27 heavy (non-hydrogen) atoms. The summed E-state index contributed by atoms with van der Waals surface area (Å²) in [6, 6.07) is 19.8. The molecular formula is C23H28N2O2. The van der Waals surface area contributed by atoms with E-state index in [2.05, 4.69) is 66.1 Å². The average molecular weight is 364 g/mol. The second kappa shape index (κ2) is 8.98. The van der Waals surface area contributed by atoms with Gasteiger partial charge in [0.15, 0.2) is 0 Å². The van der Waals surface area contributed by atoms with E-state index >= 15 is 0 Å². The molecule has 1 aliphatic heterocycles. The van der Waals surface area contributed by atoms with Gasteiger partial charge in [0, 0.05) is 44.3 Å². The molecule has 0 amide bonds. The van der Waals surface area contributed by atoms with Crippen LogP contribution in [0.25, 0.3) is 6.08 Å². The molecule has 4 nitrogen and oxygen atoms in total. The molecule has 2 aromatic rings. The van der Waals surface area contributed by atoms with Gasteiger partial charge in [-0.15, -0.1) is 0 Å². The lowest BCUT2D eigenvalue weighted by Gasteiger charge is -2.44. The Morgan fingerprint density at radius 2 is 1.56 bits per heavy atom. The first-order chi connectivity index (χ1) is 13.0. The first-order valence-corrected chi connectivity index (χ1v) is 9.53. The molecule has 1 fully saturated rings. The third-order valence-electron chi connectivity index (χ3n) is 5.19. The quantitative estimate of drug-likeness (QED) is 0.790. The van der Waals surface area contributed by atoms with Gasteiger partial charge in [-0.2, -0.15) is 0 Å². The highest BCUT2D eigenvalue weighted by Gasteiger charge is 2.29. The van der Waals surface area contributed by atoms with Crippen LogP contribution in [0.1, 0.15) is 30.5 Å². The first kappa shape index (κ1) is 19.3. The molecule has 1 aliphatic rings. The van der Waals surface area contributed by atoms with Crippen molar-refractivity contribution >= 4 is 12.0 Å². The van der Waals surface area contributed by atoms with Crippen molar-refractivity contribution in [2.24, 2.45) is 0 Å². The van der Waals surface area contributed by atoms with Crippen LogP contribution in [0.4, 0.5) is 0 Å². The van der Waals surface area contributed by atoms with Crippen LogP contribution < -0.4 is 0 Å². The number of piperazine rings is 1. The Morgan fingerprint density at radius 3 is 2.15 bits per heavy atom. The van der Waals surface area contributed by atoms with E-state index in [1.807, 2.05) is 12.1 Å². The fourth-order valence-corrected chi connectivity index (χ4v) is 3.86. The van der Waals surface area contributed by atoms with Gasteiger partial charge in [0.05, 0.1) is 0 Å². The standard InChI is InChI=1S/C23H28N2O2/c1-18-14-24(15-19(2)25(18)17-21-6-4-3-5-7-21)16-22-10-8-20(9-11-22)12-13-23(26)27/h3-13,18-19H,14-17H2,1-2H3,(H,26,27)/b13-12+/t18-,19+. The molecule has 0 radical (unpaired) electrons. The minimum Gasteiger partial charge on any atom is -0.478 e. The van der Waals surface area contributed by atoms with Gasteiger partial charge in [-0.25, -0.2) is 4.79 Å². The van der Waals surface area contributed by atoms with E-state index in [9.17, 15) is 4.79 Å². The molecule has 0 unspecified atom stereocenters. The number of aliphatic carboxylic acids is 1. The van der Waals surface area contributed by atoms with Crippen molar-refractivity contribution in [3.63, 3.8) is 0 Å². The van der Waals surface area contributed by atoms with Gasteiger partial charge in [0.1, 0.15) is 0 Å². The molecule has 0 bridgehead atoms. The van der Waals surface area contributed by atoms with Crippen LogP contribution in [-0.2, 0) is 17.9 Å². The van der Waals surface area contributed by atoms with Crippen molar-refractivity contribution in [3.8, 4) is 0 Å². The van der Waals surface area contributed by atoms with Gasteiger partial charge in [-0.3, -0.25) is 9.80 Å². The Bertz CT molecular complexity index is 759. The Labute approximate surface area is 161 Å². The first-order valence-electron chi connectivity index (χ1n) is 9.53. The van der Waals surface area contributed by atoms with Crippen LogP contribution in [0.5, 0.6) is 0 Å².